The molecule has 0 aliphatic rings. The van der Waals surface area contributed by atoms with Gasteiger partial charge in [-0.1, -0.05) is 0 Å². The number of alkyl halides is 2. The van der Waals surface area contributed by atoms with Crippen LogP contribution in [-0.4, -0.2) is 26.8 Å². The Morgan fingerprint density at radius 2 is 1.89 bits per heavy atom. The molecule has 0 N–H and O–H groups in total. The lowest BCUT2D eigenvalue weighted by Crippen LogP contribution is -2.12. The van der Waals surface area contributed by atoms with Gasteiger partial charge < -0.3 is 4.74 Å². The van der Waals surface area contributed by atoms with E-state index in [9.17, 15) is 22.0 Å². The van der Waals surface area contributed by atoms with Gasteiger partial charge in [-0.2, -0.15) is 14.0 Å². The second kappa shape index (κ2) is 5.55. The topological polar surface area (TPSA) is 84.2 Å². The van der Waals surface area contributed by atoms with Crippen molar-refractivity contribution in [1.82, 2.24) is 0 Å². The van der Waals surface area contributed by atoms with Crippen molar-refractivity contribution in [2.24, 2.45) is 0 Å². The molecule has 0 aromatic heterocycles. The van der Waals surface area contributed by atoms with Crippen molar-refractivity contribution in [2.45, 2.75) is 10.7 Å². The Morgan fingerprint density at radius 3 is 2.33 bits per heavy atom. The quantitative estimate of drug-likeness (QED) is 0.775. The van der Waals surface area contributed by atoms with Crippen LogP contribution in [0.3, 0.4) is 0 Å². The number of carbonyl (C=O) groups is 1. The number of ether oxygens (including phenoxy) is 1. The van der Waals surface area contributed by atoms with Gasteiger partial charge in [-0.25, -0.2) is 13.2 Å². The molecular weight excluding hydrogens is 268 g/mol. The number of hydrogen-bond acceptors (Lipinski definition) is 5. The molecule has 8 heteroatoms. The highest BCUT2D eigenvalue weighted by Crippen LogP contribution is 2.18. The van der Waals surface area contributed by atoms with E-state index in [0.29, 0.717) is 0 Å². The molecule has 96 valence electrons. The van der Waals surface area contributed by atoms with E-state index in [1.807, 2.05) is 0 Å². The monoisotopic (exact) mass is 275 g/mol. The summed E-state index contributed by atoms with van der Waals surface area (Å²) in [4.78, 5) is 10.6. The summed E-state index contributed by atoms with van der Waals surface area (Å²) in [5.41, 5.74) is -0.0292. The molecule has 0 radical (unpaired) electrons. The molecule has 1 rings (SSSR count). The van der Waals surface area contributed by atoms with Gasteiger partial charge in [-0.15, -0.1) is 0 Å². The van der Waals surface area contributed by atoms with E-state index in [1.54, 1.807) is 6.07 Å². The van der Waals surface area contributed by atoms with Gasteiger partial charge in [-0.3, -0.25) is 0 Å². The standard InChI is InChI=1S/C10H7F2NO4S/c11-10(12)18(15,16)8-3-1-7(2-4-8)9(14)17-6-5-13/h1-4,10H,6H2. The van der Waals surface area contributed by atoms with Crippen LogP contribution >= 0.6 is 0 Å². The highest BCUT2D eigenvalue weighted by molar-refractivity contribution is 7.91. The normalized spacial score (nSPS) is 11.0. The molecule has 1 aromatic carbocycles. The van der Waals surface area contributed by atoms with E-state index < -0.39 is 33.1 Å². The summed E-state index contributed by atoms with van der Waals surface area (Å²) in [6.07, 6.45) is 0. The maximum atomic E-state index is 12.2. The predicted molar refractivity (Wildman–Crippen MR) is 55.5 cm³/mol. The number of rotatable bonds is 4. The van der Waals surface area contributed by atoms with Gasteiger partial charge in [0.1, 0.15) is 6.07 Å². The number of esters is 1. The molecule has 0 saturated carbocycles. The molecule has 0 atom stereocenters. The maximum Gasteiger partial charge on any atom is 0.341 e. The van der Waals surface area contributed by atoms with Gasteiger partial charge in [0.05, 0.1) is 10.5 Å². The van der Waals surface area contributed by atoms with Gasteiger partial charge in [-0.05, 0) is 24.3 Å². The largest absolute Gasteiger partial charge is 0.447 e. The third-order valence-corrected chi connectivity index (χ3v) is 3.32. The molecule has 5 nitrogen and oxygen atoms in total. The number of carbonyl (C=O) groups excluding carboxylic acids is 1. The maximum absolute atomic E-state index is 12.2. The zero-order valence-corrected chi connectivity index (χ0v) is 9.65. The Kier molecular flexibility index (Phi) is 4.33. The summed E-state index contributed by atoms with van der Waals surface area (Å²) in [5, 5.41) is 8.18. The Bertz CT molecular complexity index is 575. The average Bonchev–Trinajstić information content (AvgIpc) is 2.35. The number of sulfone groups is 1. The van der Waals surface area contributed by atoms with Crippen molar-refractivity contribution in [1.29, 1.82) is 5.26 Å². The minimum Gasteiger partial charge on any atom is -0.447 e. The lowest BCUT2D eigenvalue weighted by atomic mass is 10.2. The van der Waals surface area contributed by atoms with Crippen LogP contribution in [-0.2, 0) is 14.6 Å². The fraction of sp³-hybridized carbons (Fsp3) is 0.200. The van der Waals surface area contributed by atoms with E-state index in [-0.39, 0.29) is 5.56 Å². The van der Waals surface area contributed by atoms with Crippen LogP contribution in [0.15, 0.2) is 29.2 Å². The van der Waals surface area contributed by atoms with Crippen LogP contribution < -0.4 is 0 Å². The fourth-order valence-corrected chi connectivity index (χ4v) is 1.79. The number of nitrogens with zero attached hydrogens (tertiary/aromatic N) is 1. The second-order valence-corrected chi connectivity index (χ2v) is 4.98. The van der Waals surface area contributed by atoms with Crippen LogP contribution in [0.1, 0.15) is 10.4 Å². The Morgan fingerprint density at radius 1 is 1.33 bits per heavy atom. The van der Waals surface area contributed by atoms with Crippen LogP contribution in [0.4, 0.5) is 8.78 Å². The highest BCUT2D eigenvalue weighted by atomic mass is 32.2. The molecule has 18 heavy (non-hydrogen) atoms. The summed E-state index contributed by atoms with van der Waals surface area (Å²) in [5.74, 6) is -4.36. The molecule has 1 aromatic rings. The van der Waals surface area contributed by atoms with Crippen molar-refractivity contribution in [3.8, 4) is 6.07 Å². The lowest BCUT2D eigenvalue weighted by Gasteiger charge is -2.04. The summed E-state index contributed by atoms with van der Waals surface area (Å²) < 4.78 is 51.0. The molecular formula is C10H7F2NO4S. The minimum atomic E-state index is -4.67. The summed E-state index contributed by atoms with van der Waals surface area (Å²) >= 11 is 0. The summed E-state index contributed by atoms with van der Waals surface area (Å²) in [6.45, 7) is -0.448. The van der Waals surface area contributed by atoms with Crippen molar-refractivity contribution in [3.63, 3.8) is 0 Å². The van der Waals surface area contributed by atoms with Gasteiger partial charge in [0.25, 0.3) is 0 Å². The number of benzene rings is 1. The third-order valence-electron chi connectivity index (χ3n) is 1.92. The van der Waals surface area contributed by atoms with Gasteiger partial charge >= 0.3 is 11.7 Å². The Labute approximate surface area is 102 Å². The van der Waals surface area contributed by atoms with E-state index >= 15 is 0 Å². The average molecular weight is 275 g/mol. The first-order chi connectivity index (χ1) is 8.39. The van der Waals surface area contributed by atoms with Crippen molar-refractivity contribution in [3.05, 3.63) is 29.8 Å². The molecule has 0 aliphatic carbocycles. The van der Waals surface area contributed by atoms with Crippen molar-refractivity contribution < 1.29 is 26.7 Å². The van der Waals surface area contributed by atoms with Crippen LogP contribution in [0.25, 0.3) is 0 Å². The molecule has 0 heterocycles. The molecule has 0 saturated heterocycles. The van der Waals surface area contributed by atoms with Gasteiger partial charge in [0, 0.05) is 0 Å². The van der Waals surface area contributed by atoms with Gasteiger partial charge in [0.2, 0.25) is 9.84 Å². The van der Waals surface area contributed by atoms with E-state index in [4.69, 9.17) is 5.26 Å². The van der Waals surface area contributed by atoms with Crippen molar-refractivity contribution in [2.75, 3.05) is 6.61 Å². The van der Waals surface area contributed by atoms with Crippen LogP contribution in [0, 0.1) is 11.3 Å². The molecule has 0 bridgehead atoms. The fourth-order valence-electron chi connectivity index (χ4n) is 1.06. The summed E-state index contributed by atoms with van der Waals surface area (Å²) in [6, 6.07) is 5.41. The first kappa shape index (κ1) is 14.1. The molecule has 0 fully saturated rings. The SMILES string of the molecule is N#CCOC(=O)c1ccc(S(=O)(=O)C(F)F)cc1. The second-order valence-electron chi connectivity index (χ2n) is 3.06. The highest BCUT2D eigenvalue weighted by Gasteiger charge is 2.26. The third kappa shape index (κ3) is 3.01. The minimum absolute atomic E-state index is 0.0292. The number of halogens is 2. The smallest absolute Gasteiger partial charge is 0.341 e. The number of hydrogen-bond donors (Lipinski definition) is 0. The van der Waals surface area contributed by atoms with Crippen molar-refractivity contribution >= 4 is 15.8 Å². The zero-order valence-electron chi connectivity index (χ0n) is 8.84. The van der Waals surface area contributed by atoms with Crippen LogP contribution in [0.5, 0.6) is 0 Å². The van der Waals surface area contributed by atoms with Crippen LogP contribution in [0.2, 0.25) is 0 Å². The number of nitriles is 1. The van der Waals surface area contributed by atoms with E-state index in [0.717, 1.165) is 24.3 Å². The van der Waals surface area contributed by atoms with Gasteiger partial charge in [0.15, 0.2) is 6.61 Å². The molecule has 0 amide bonds. The van der Waals surface area contributed by atoms with E-state index in [1.165, 1.54) is 0 Å². The first-order valence-corrected chi connectivity index (χ1v) is 6.10. The lowest BCUT2D eigenvalue weighted by molar-refractivity contribution is 0.0555. The zero-order chi connectivity index (χ0) is 13.8. The molecule has 0 aliphatic heterocycles. The predicted octanol–water partition coefficient (Wildman–Crippen LogP) is 1.36. The summed E-state index contributed by atoms with van der Waals surface area (Å²) in [7, 11) is -4.67. The van der Waals surface area contributed by atoms with E-state index in [2.05, 4.69) is 4.74 Å². The molecule has 0 spiro atoms. The Hall–Kier alpha value is -2.01. The first-order valence-electron chi connectivity index (χ1n) is 4.56. The Balaban J connectivity index is 2.94. The molecule has 0 unspecified atom stereocenters.